The lowest BCUT2D eigenvalue weighted by atomic mass is 9.76. The molecular formula is C24H17F6N5O. The Morgan fingerprint density at radius 1 is 0.972 bits per heavy atom. The van der Waals surface area contributed by atoms with E-state index in [9.17, 15) is 26.7 Å². The van der Waals surface area contributed by atoms with Crippen LogP contribution in [0.2, 0.25) is 0 Å². The Morgan fingerprint density at radius 2 is 1.69 bits per heavy atom. The fourth-order valence-electron chi connectivity index (χ4n) is 4.34. The predicted octanol–water partition coefficient (Wildman–Crippen LogP) is 5.14. The largest absolute Gasteiger partial charge is 0.309 e. The first kappa shape index (κ1) is 23.8. The first-order valence-electron chi connectivity index (χ1n) is 10.7. The number of amides is 1. The highest BCUT2D eigenvalue weighted by Crippen LogP contribution is 2.47. The molecule has 6 nitrogen and oxygen atoms in total. The summed E-state index contributed by atoms with van der Waals surface area (Å²) >= 11 is 0. The van der Waals surface area contributed by atoms with Crippen LogP contribution in [-0.2, 0) is 10.2 Å². The van der Waals surface area contributed by atoms with Crippen LogP contribution in [0.3, 0.4) is 0 Å². The van der Waals surface area contributed by atoms with Crippen molar-refractivity contribution in [2.24, 2.45) is 0 Å². The molecule has 4 aromatic rings. The topological polar surface area (TPSA) is 72.2 Å². The van der Waals surface area contributed by atoms with E-state index in [1.54, 1.807) is 28.8 Å². The third-order valence-corrected chi connectivity index (χ3v) is 6.29. The minimum Gasteiger partial charge on any atom is -0.309 e. The van der Waals surface area contributed by atoms with Gasteiger partial charge >= 0.3 is 0 Å². The second kappa shape index (κ2) is 8.61. The molecule has 1 N–H and O–H groups in total. The van der Waals surface area contributed by atoms with Gasteiger partial charge in [-0.1, -0.05) is 18.2 Å². The molecule has 5 rings (SSSR count). The maximum absolute atomic E-state index is 15.5. The maximum Gasteiger partial charge on any atom is 0.272 e. The number of rotatable bonds is 6. The van der Waals surface area contributed by atoms with Crippen LogP contribution in [0.15, 0.2) is 55.0 Å². The van der Waals surface area contributed by atoms with Gasteiger partial charge in [0.15, 0.2) is 24.3 Å². The fourth-order valence-corrected chi connectivity index (χ4v) is 4.34. The van der Waals surface area contributed by atoms with E-state index in [1.165, 1.54) is 25.4 Å². The highest BCUT2D eigenvalue weighted by atomic mass is 19.3. The third kappa shape index (κ3) is 3.59. The van der Waals surface area contributed by atoms with E-state index in [0.29, 0.717) is 5.52 Å². The molecule has 0 radical (unpaired) electrons. The number of nitrogens with zero attached hydrogens (tertiary/aromatic N) is 4. The molecule has 4 atom stereocenters. The molecule has 0 bridgehead atoms. The number of hydrogen-bond donors (Lipinski definition) is 1. The van der Waals surface area contributed by atoms with Gasteiger partial charge in [0.2, 0.25) is 5.91 Å². The van der Waals surface area contributed by atoms with Gasteiger partial charge in [-0.15, -0.1) is 0 Å². The Labute approximate surface area is 200 Å². The number of aromatic nitrogens is 4. The van der Waals surface area contributed by atoms with Crippen molar-refractivity contribution in [3.05, 3.63) is 77.6 Å². The van der Waals surface area contributed by atoms with Crippen LogP contribution in [-0.4, -0.2) is 44.0 Å². The second-order valence-electron chi connectivity index (χ2n) is 8.45. The van der Waals surface area contributed by atoms with Gasteiger partial charge in [0, 0.05) is 11.8 Å². The van der Waals surface area contributed by atoms with E-state index in [2.05, 4.69) is 20.3 Å². The van der Waals surface area contributed by atoms with Gasteiger partial charge in [0.25, 0.3) is 6.43 Å². The molecule has 36 heavy (non-hydrogen) atoms. The van der Waals surface area contributed by atoms with E-state index >= 15 is 4.39 Å². The van der Waals surface area contributed by atoms with Crippen LogP contribution in [0.5, 0.6) is 0 Å². The number of hydrogen-bond acceptors (Lipinski definition) is 4. The summed E-state index contributed by atoms with van der Waals surface area (Å²) in [4.78, 5) is 25.7. The molecule has 1 amide bonds. The lowest BCUT2D eigenvalue weighted by Crippen LogP contribution is -2.35. The summed E-state index contributed by atoms with van der Waals surface area (Å²) in [5.41, 5.74) is -2.00. The van der Waals surface area contributed by atoms with Gasteiger partial charge in [-0.3, -0.25) is 4.79 Å². The molecule has 0 aliphatic carbocycles. The van der Waals surface area contributed by atoms with Gasteiger partial charge in [-0.05, 0) is 36.8 Å². The Hall–Kier alpha value is -3.96. The quantitative estimate of drug-likeness (QED) is 0.369. The minimum absolute atomic E-state index is 0.137. The van der Waals surface area contributed by atoms with E-state index in [1.807, 2.05) is 0 Å². The van der Waals surface area contributed by atoms with Crippen molar-refractivity contribution in [2.75, 3.05) is 5.32 Å². The average molecular weight is 505 g/mol. The SMILES string of the molecule is CC1(c2ccc(F)cc2)C(=O)Nc2nc(-c3ncn4ccccc34)nc(C(F)C(F)C(F)C(F)F)c21. The third-order valence-electron chi connectivity index (χ3n) is 6.29. The molecule has 0 fully saturated rings. The van der Waals surface area contributed by atoms with Crippen LogP contribution in [0.1, 0.15) is 29.9 Å². The van der Waals surface area contributed by atoms with Crippen molar-refractivity contribution in [3.8, 4) is 11.5 Å². The number of nitrogens with one attached hydrogen (secondary N) is 1. The zero-order valence-corrected chi connectivity index (χ0v) is 18.5. The molecule has 1 aliphatic rings. The van der Waals surface area contributed by atoms with E-state index < -0.39 is 47.8 Å². The zero-order valence-electron chi connectivity index (χ0n) is 18.5. The van der Waals surface area contributed by atoms with Crippen LogP contribution in [0.25, 0.3) is 17.0 Å². The lowest BCUT2D eigenvalue weighted by Gasteiger charge is -2.26. The summed E-state index contributed by atoms with van der Waals surface area (Å²) < 4.78 is 85.0. The van der Waals surface area contributed by atoms with E-state index in [-0.39, 0.29) is 28.5 Å². The van der Waals surface area contributed by atoms with Crippen molar-refractivity contribution in [2.45, 2.75) is 37.3 Å². The first-order valence-corrected chi connectivity index (χ1v) is 10.7. The van der Waals surface area contributed by atoms with Gasteiger partial charge in [-0.2, -0.15) is 0 Å². The second-order valence-corrected chi connectivity index (χ2v) is 8.45. The summed E-state index contributed by atoms with van der Waals surface area (Å²) in [5.74, 6) is -1.78. The summed E-state index contributed by atoms with van der Waals surface area (Å²) in [6, 6.07) is 9.73. The number of halogens is 6. The molecule has 1 aliphatic heterocycles. The molecule has 1 aromatic carbocycles. The van der Waals surface area contributed by atoms with Crippen LogP contribution in [0.4, 0.5) is 32.2 Å². The van der Waals surface area contributed by atoms with Crippen LogP contribution >= 0.6 is 0 Å². The Kier molecular flexibility index (Phi) is 5.68. The minimum atomic E-state index is -3.78. The van der Waals surface area contributed by atoms with E-state index in [0.717, 1.165) is 12.1 Å². The fraction of sp³-hybridized carbons (Fsp3) is 0.250. The van der Waals surface area contributed by atoms with Crippen molar-refractivity contribution in [1.82, 2.24) is 19.4 Å². The number of alkyl halides is 5. The van der Waals surface area contributed by atoms with Crippen molar-refractivity contribution in [3.63, 3.8) is 0 Å². The van der Waals surface area contributed by atoms with Gasteiger partial charge in [0.1, 0.15) is 29.1 Å². The smallest absolute Gasteiger partial charge is 0.272 e. The van der Waals surface area contributed by atoms with Gasteiger partial charge < -0.3 is 9.72 Å². The standard InChI is InChI=1S/C24H17F6N5O/c1-24(11-5-7-12(25)8-6-11)14-19(16(27)15(26)17(28)20(29)30)32-22(33-21(14)34-23(24)36)18-13-4-2-3-9-35(13)10-31-18/h2-10,15-17,20H,1H3,(H,32,33,34,36). The zero-order chi connectivity index (χ0) is 25.8. The number of fused-ring (bicyclic) bond motifs is 2. The maximum atomic E-state index is 15.5. The normalized spacial score (nSPS) is 19.8. The molecule has 4 heterocycles. The summed E-state index contributed by atoms with van der Waals surface area (Å²) in [5, 5.41) is 2.49. The molecule has 4 unspecified atom stereocenters. The summed E-state index contributed by atoms with van der Waals surface area (Å²) in [6.45, 7) is 1.35. The highest BCUT2D eigenvalue weighted by molar-refractivity contribution is 6.08. The first-order chi connectivity index (χ1) is 17.1. The predicted molar refractivity (Wildman–Crippen MR) is 117 cm³/mol. The van der Waals surface area contributed by atoms with Crippen LogP contribution in [0, 0.1) is 5.82 Å². The van der Waals surface area contributed by atoms with Crippen molar-refractivity contribution in [1.29, 1.82) is 0 Å². The molecule has 0 saturated heterocycles. The summed E-state index contributed by atoms with van der Waals surface area (Å²) in [7, 11) is 0. The Morgan fingerprint density at radius 3 is 2.39 bits per heavy atom. The number of carbonyl (C=O) groups is 1. The van der Waals surface area contributed by atoms with Gasteiger partial charge in [0.05, 0.1) is 11.2 Å². The molecular weight excluding hydrogens is 488 g/mol. The Balaban J connectivity index is 1.75. The number of carbonyl (C=O) groups excluding carboxylic acids is 1. The van der Waals surface area contributed by atoms with E-state index in [4.69, 9.17) is 0 Å². The summed E-state index contributed by atoms with van der Waals surface area (Å²) in [6.07, 6.45) is -10.4. The number of anilines is 1. The lowest BCUT2D eigenvalue weighted by molar-refractivity contribution is -0.119. The number of benzene rings is 1. The van der Waals surface area contributed by atoms with Crippen molar-refractivity contribution >= 4 is 17.2 Å². The van der Waals surface area contributed by atoms with Crippen molar-refractivity contribution < 1.29 is 31.1 Å². The van der Waals surface area contributed by atoms with Gasteiger partial charge in [-0.25, -0.2) is 41.3 Å². The molecule has 12 heteroatoms. The number of pyridine rings is 1. The highest BCUT2D eigenvalue weighted by Gasteiger charge is 2.51. The Bertz CT molecular complexity index is 1460. The van der Waals surface area contributed by atoms with Crippen LogP contribution < -0.4 is 5.32 Å². The molecule has 3 aromatic heterocycles. The molecule has 186 valence electrons. The molecule has 0 saturated carbocycles. The number of imidazole rings is 1. The molecule has 0 spiro atoms. The monoisotopic (exact) mass is 505 g/mol. The average Bonchev–Trinajstić information content (AvgIpc) is 3.41.